The molecule has 0 amide bonds. The first-order chi connectivity index (χ1) is 6.30. The predicted octanol–water partition coefficient (Wildman–Crippen LogP) is 3.73. The lowest BCUT2D eigenvalue weighted by Gasteiger charge is -2.26. The van der Waals surface area contributed by atoms with Crippen LogP contribution < -0.4 is 0 Å². The predicted molar refractivity (Wildman–Crippen MR) is 60.6 cm³/mol. The Labute approximate surface area is 90.7 Å². The molecule has 14 heavy (non-hydrogen) atoms. The molecule has 78 valence electrons. The highest BCUT2D eigenvalue weighted by molar-refractivity contribution is 6.30. The minimum Gasteiger partial charge on any atom is -0.388 e. The molecule has 1 atom stereocenters. The van der Waals surface area contributed by atoms with Gasteiger partial charge in [-0.05, 0) is 35.6 Å². The van der Waals surface area contributed by atoms with Gasteiger partial charge in [0.15, 0.2) is 0 Å². The van der Waals surface area contributed by atoms with Crippen LogP contribution in [0.2, 0.25) is 5.02 Å². The Morgan fingerprint density at radius 3 is 2.21 bits per heavy atom. The molecule has 0 fully saturated rings. The summed E-state index contributed by atoms with van der Waals surface area (Å²) < 4.78 is 0. The highest BCUT2D eigenvalue weighted by Gasteiger charge is 2.23. The van der Waals surface area contributed by atoms with Crippen LogP contribution >= 0.6 is 11.6 Å². The van der Waals surface area contributed by atoms with Gasteiger partial charge in [0.25, 0.3) is 0 Å². The molecule has 1 N–H and O–H groups in total. The molecule has 0 saturated heterocycles. The average Bonchev–Trinajstić information content (AvgIpc) is 1.99. The Kier molecular flexibility index (Phi) is 3.23. The molecule has 1 rings (SSSR count). The summed E-state index contributed by atoms with van der Waals surface area (Å²) in [5.74, 6) is 0. The second-order valence-electron chi connectivity index (χ2n) is 4.83. The third-order valence-electron chi connectivity index (χ3n) is 2.20. The maximum atomic E-state index is 10.0. The Bertz CT molecular complexity index is 305. The molecule has 0 heterocycles. The normalized spacial score (nSPS) is 14.1. The van der Waals surface area contributed by atoms with Crippen molar-refractivity contribution >= 4 is 11.6 Å². The molecule has 0 saturated carbocycles. The molecule has 0 bridgehead atoms. The fraction of sp³-hybridized carbons (Fsp3) is 0.500. The van der Waals surface area contributed by atoms with Crippen molar-refractivity contribution < 1.29 is 5.11 Å². The summed E-state index contributed by atoms with van der Waals surface area (Å²) in [5.41, 5.74) is 1.82. The number of aryl methyl sites for hydroxylation is 1. The number of rotatable bonds is 1. The van der Waals surface area contributed by atoms with Crippen LogP contribution in [0.15, 0.2) is 18.2 Å². The van der Waals surface area contributed by atoms with Crippen molar-refractivity contribution in [3.63, 3.8) is 0 Å². The zero-order valence-electron chi connectivity index (χ0n) is 9.13. The fourth-order valence-corrected chi connectivity index (χ4v) is 1.72. The van der Waals surface area contributed by atoms with E-state index in [4.69, 9.17) is 11.6 Å². The first-order valence-corrected chi connectivity index (χ1v) is 5.13. The van der Waals surface area contributed by atoms with Crippen molar-refractivity contribution in [2.45, 2.75) is 33.8 Å². The first-order valence-electron chi connectivity index (χ1n) is 4.76. The molecule has 0 spiro atoms. The molecule has 0 aromatic heterocycles. The van der Waals surface area contributed by atoms with E-state index < -0.39 is 6.10 Å². The minimum atomic E-state index is -0.472. The molecule has 1 unspecified atom stereocenters. The molecule has 0 aliphatic carbocycles. The van der Waals surface area contributed by atoms with Gasteiger partial charge in [-0.3, -0.25) is 0 Å². The molecular weight excluding hydrogens is 196 g/mol. The maximum absolute atomic E-state index is 10.0. The van der Waals surface area contributed by atoms with Crippen LogP contribution in [0, 0.1) is 12.3 Å². The van der Waals surface area contributed by atoms with Crippen LogP contribution in [0.3, 0.4) is 0 Å². The molecule has 1 nitrogen and oxygen atoms in total. The number of benzene rings is 1. The molecule has 0 radical (unpaired) electrons. The smallest absolute Gasteiger partial charge is 0.0838 e. The van der Waals surface area contributed by atoms with E-state index >= 15 is 0 Å². The summed E-state index contributed by atoms with van der Waals surface area (Å²) in [7, 11) is 0. The second-order valence-corrected chi connectivity index (χ2v) is 5.27. The van der Waals surface area contributed by atoms with Crippen LogP contribution in [0.1, 0.15) is 38.0 Å². The standard InChI is InChI=1S/C12H17ClO/c1-8-5-9(7-10(13)6-8)11(14)12(2,3)4/h5-7,11,14H,1-4H3. The molecular formula is C12H17ClO. The van der Waals surface area contributed by atoms with Gasteiger partial charge in [-0.2, -0.15) is 0 Å². The molecule has 1 aromatic rings. The summed E-state index contributed by atoms with van der Waals surface area (Å²) in [5, 5.41) is 10.7. The van der Waals surface area contributed by atoms with Crippen LogP contribution in [0.4, 0.5) is 0 Å². The van der Waals surface area contributed by atoms with Gasteiger partial charge in [-0.1, -0.05) is 38.4 Å². The van der Waals surface area contributed by atoms with Gasteiger partial charge in [-0.25, -0.2) is 0 Å². The largest absolute Gasteiger partial charge is 0.388 e. The highest BCUT2D eigenvalue weighted by Crippen LogP contribution is 2.33. The Balaban J connectivity index is 3.07. The lowest BCUT2D eigenvalue weighted by Crippen LogP contribution is -2.17. The molecule has 0 aliphatic rings. The van der Waals surface area contributed by atoms with Crippen LogP contribution in [-0.2, 0) is 0 Å². The third kappa shape index (κ3) is 2.73. The van der Waals surface area contributed by atoms with Gasteiger partial charge < -0.3 is 5.11 Å². The van der Waals surface area contributed by atoms with E-state index in [2.05, 4.69) is 0 Å². The topological polar surface area (TPSA) is 20.2 Å². The van der Waals surface area contributed by atoms with Crippen LogP contribution in [-0.4, -0.2) is 5.11 Å². The van der Waals surface area contributed by atoms with Gasteiger partial charge in [0.2, 0.25) is 0 Å². The summed E-state index contributed by atoms with van der Waals surface area (Å²) >= 11 is 5.93. The van der Waals surface area contributed by atoms with Gasteiger partial charge in [-0.15, -0.1) is 0 Å². The Hall–Kier alpha value is -0.530. The van der Waals surface area contributed by atoms with Crippen molar-refractivity contribution in [3.8, 4) is 0 Å². The van der Waals surface area contributed by atoms with E-state index in [1.54, 1.807) is 0 Å². The van der Waals surface area contributed by atoms with E-state index in [0.717, 1.165) is 11.1 Å². The summed E-state index contributed by atoms with van der Waals surface area (Å²) in [4.78, 5) is 0. The van der Waals surface area contributed by atoms with Crippen molar-refractivity contribution in [1.82, 2.24) is 0 Å². The summed E-state index contributed by atoms with van der Waals surface area (Å²) in [6.45, 7) is 8.00. The van der Waals surface area contributed by atoms with Crippen molar-refractivity contribution in [1.29, 1.82) is 0 Å². The van der Waals surface area contributed by atoms with Crippen LogP contribution in [0.25, 0.3) is 0 Å². The first kappa shape index (κ1) is 11.5. The monoisotopic (exact) mass is 212 g/mol. The number of halogens is 1. The zero-order chi connectivity index (χ0) is 10.9. The minimum absolute atomic E-state index is 0.156. The molecule has 2 heteroatoms. The molecule has 0 aliphatic heterocycles. The number of aliphatic hydroxyl groups is 1. The third-order valence-corrected chi connectivity index (χ3v) is 2.42. The van der Waals surface area contributed by atoms with Crippen molar-refractivity contribution in [3.05, 3.63) is 34.3 Å². The molecule has 1 aromatic carbocycles. The van der Waals surface area contributed by atoms with Crippen molar-refractivity contribution in [2.75, 3.05) is 0 Å². The lowest BCUT2D eigenvalue weighted by molar-refractivity contribution is 0.0626. The average molecular weight is 213 g/mol. The van der Waals surface area contributed by atoms with E-state index in [-0.39, 0.29) is 5.41 Å². The van der Waals surface area contributed by atoms with Gasteiger partial charge in [0.1, 0.15) is 0 Å². The summed E-state index contributed by atoms with van der Waals surface area (Å²) in [6.07, 6.45) is -0.472. The highest BCUT2D eigenvalue weighted by atomic mass is 35.5. The quantitative estimate of drug-likeness (QED) is 0.752. The van der Waals surface area contributed by atoms with Gasteiger partial charge in [0.05, 0.1) is 6.10 Å². The van der Waals surface area contributed by atoms with Gasteiger partial charge in [0, 0.05) is 5.02 Å². The SMILES string of the molecule is Cc1cc(Cl)cc(C(O)C(C)(C)C)c1. The van der Waals surface area contributed by atoms with E-state index in [1.807, 2.05) is 45.9 Å². The van der Waals surface area contributed by atoms with Crippen molar-refractivity contribution in [2.24, 2.45) is 5.41 Å². The fourth-order valence-electron chi connectivity index (χ4n) is 1.42. The van der Waals surface area contributed by atoms with E-state index in [9.17, 15) is 5.11 Å². The van der Waals surface area contributed by atoms with E-state index in [1.165, 1.54) is 0 Å². The Morgan fingerprint density at radius 2 is 1.79 bits per heavy atom. The van der Waals surface area contributed by atoms with Crippen LogP contribution in [0.5, 0.6) is 0 Å². The summed E-state index contributed by atoms with van der Waals surface area (Å²) in [6, 6.07) is 5.69. The number of aliphatic hydroxyl groups excluding tert-OH is 1. The number of hydrogen-bond acceptors (Lipinski definition) is 1. The number of hydrogen-bond donors (Lipinski definition) is 1. The second kappa shape index (κ2) is 3.92. The zero-order valence-corrected chi connectivity index (χ0v) is 9.89. The van der Waals surface area contributed by atoms with Gasteiger partial charge >= 0.3 is 0 Å². The maximum Gasteiger partial charge on any atom is 0.0838 e. The lowest BCUT2D eigenvalue weighted by atomic mass is 9.84. The Morgan fingerprint density at radius 1 is 1.21 bits per heavy atom. The van der Waals surface area contributed by atoms with E-state index in [0.29, 0.717) is 5.02 Å².